The van der Waals surface area contributed by atoms with Gasteiger partial charge >= 0.3 is 0 Å². The molecule has 0 saturated heterocycles. The van der Waals surface area contributed by atoms with Crippen molar-refractivity contribution in [1.29, 1.82) is 0 Å². The van der Waals surface area contributed by atoms with Crippen molar-refractivity contribution in [2.45, 2.75) is 31.6 Å². The van der Waals surface area contributed by atoms with Crippen molar-refractivity contribution in [2.75, 3.05) is 13.2 Å². The lowest BCUT2D eigenvalue weighted by molar-refractivity contribution is 0.248. The van der Waals surface area contributed by atoms with Crippen LogP contribution in [0.1, 0.15) is 25.3 Å². The minimum atomic E-state index is -3.66. The maximum atomic E-state index is 11.9. The van der Waals surface area contributed by atoms with Gasteiger partial charge in [-0.25, -0.2) is 0 Å². The zero-order valence-electron chi connectivity index (χ0n) is 10.9. The van der Waals surface area contributed by atoms with Crippen LogP contribution >= 0.6 is 0 Å². The summed E-state index contributed by atoms with van der Waals surface area (Å²) in [6.45, 7) is 4.54. The molecule has 1 rings (SSSR count). The highest BCUT2D eigenvalue weighted by Gasteiger charge is 2.17. The summed E-state index contributed by atoms with van der Waals surface area (Å²) in [5.74, 6) is 0.0928. The monoisotopic (exact) mass is 271 g/mol. The molecule has 0 bridgehead atoms. The van der Waals surface area contributed by atoms with Crippen molar-refractivity contribution in [2.24, 2.45) is 11.7 Å². The predicted octanol–water partition coefficient (Wildman–Crippen LogP) is 2.08. The molecule has 0 amide bonds. The Morgan fingerprint density at radius 1 is 1.28 bits per heavy atom. The summed E-state index contributed by atoms with van der Waals surface area (Å²) in [6.07, 6.45) is 1.84. The van der Waals surface area contributed by atoms with Gasteiger partial charge in [-0.05, 0) is 37.9 Å². The van der Waals surface area contributed by atoms with Gasteiger partial charge in [0.1, 0.15) is 0 Å². The van der Waals surface area contributed by atoms with Crippen LogP contribution in [-0.4, -0.2) is 21.6 Å². The minimum absolute atomic E-state index is 0.0928. The molecule has 0 aliphatic rings. The SMILES string of the molecule is CCCC(CN)COS(=O)(=O)c1ccc(C)cc1. The lowest BCUT2D eigenvalue weighted by Gasteiger charge is -2.13. The Labute approximate surface area is 109 Å². The molecule has 1 aromatic carbocycles. The van der Waals surface area contributed by atoms with Gasteiger partial charge in [-0.2, -0.15) is 8.42 Å². The zero-order valence-corrected chi connectivity index (χ0v) is 11.7. The van der Waals surface area contributed by atoms with Crippen LogP contribution < -0.4 is 5.73 Å². The van der Waals surface area contributed by atoms with E-state index < -0.39 is 10.1 Å². The second-order valence-electron chi connectivity index (χ2n) is 4.44. The molecule has 0 saturated carbocycles. The van der Waals surface area contributed by atoms with E-state index >= 15 is 0 Å². The van der Waals surface area contributed by atoms with E-state index in [9.17, 15) is 8.42 Å². The first kappa shape index (κ1) is 15.1. The fraction of sp³-hybridized carbons (Fsp3) is 0.538. The van der Waals surface area contributed by atoms with Gasteiger partial charge in [0.15, 0.2) is 0 Å². The average molecular weight is 271 g/mol. The predicted molar refractivity (Wildman–Crippen MR) is 71.8 cm³/mol. The number of benzene rings is 1. The van der Waals surface area contributed by atoms with Crippen LogP contribution in [0.5, 0.6) is 0 Å². The van der Waals surface area contributed by atoms with Crippen LogP contribution in [-0.2, 0) is 14.3 Å². The molecule has 0 heterocycles. The third-order valence-electron chi connectivity index (χ3n) is 2.80. The molecule has 0 radical (unpaired) electrons. The summed E-state index contributed by atoms with van der Waals surface area (Å²) in [5, 5.41) is 0. The van der Waals surface area contributed by atoms with E-state index in [1.54, 1.807) is 24.3 Å². The van der Waals surface area contributed by atoms with Crippen LogP contribution in [0, 0.1) is 12.8 Å². The Hall–Kier alpha value is -0.910. The van der Waals surface area contributed by atoms with Gasteiger partial charge in [0.2, 0.25) is 0 Å². The van der Waals surface area contributed by atoms with Crippen molar-refractivity contribution < 1.29 is 12.6 Å². The first-order valence-electron chi connectivity index (χ1n) is 6.15. The molecule has 0 aliphatic heterocycles. The lowest BCUT2D eigenvalue weighted by Crippen LogP contribution is -2.22. The van der Waals surface area contributed by atoms with Crippen LogP contribution in [0.4, 0.5) is 0 Å². The third kappa shape index (κ3) is 4.40. The summed E-state index contributed by atoms with van der Waals surface area (Å²) in [7, 11) is -3.66. The van der Waals surface area contributed by atoms with Crippen LogP contribution in [0.2, 0.25) is 0 Å². The second-order valence-corrected chi connectivity index (χ2v) is 6.06. The number of nitrogens with two attached hydrogens (primary N) is 1. The molecule has 1 atom stereocenters. The fourth-order valence-corrected chi connectivity index (χ4v) is 2.61. The molecule has 0 aromatic heterocycles. The van der Waals surface area contributed by atoms with E-state index in [0.29, 0.717) is 6.54 Å². The molecule has 0 spiro atoms. The smallest absolute Gasteiger partial charge is 0.296 e. The van der Waals surface area contributed by atoms with Gasteiger partial charge in [0.25, 0.3) is 10.1 Å². The lowest BCUT2D eigenvalue weighted by atomic mass is 10.1. The molecule has 0 fully saturated rings. The highest BCUT2D eigenvalue weighted by atomic mass is 32.2. The van der Waals surface area contributed by atoms with Gasteiger partial charge in [-0.1, -0.05) is 31.0 Å². The minimum Gasteiger partial charge on any atom is -0.330 e. The Balaban J connectivity index is 2.67. The van der Waals surface area contributed by atoms with E-state index in [1.807, 2.05) is 13.8 Å². The van der Waals surface area contributed by atoms with E-state index in [2.05, 4.69) is 0 Å². The fourth-order valence-electron chi connectivity index (χ4n) is 1.64. The average Bonchev–Trinajstić information content (AvgIpc) is 2.35. The Kier molecular flexibility index (Phi) is 5.78. The summed E-state index contributed by atoms with van der Waals surface area (Å²) in [6, 6.07) is 6.62. The third-order valence-corrected chi connectivity index (χ3v) is 4.09. The number of rotatable bonds is 7. The Morgan fingerprint density at radius 2 is 1.89 bits per heavy atom. The summed E-state index contributed by atoms with van der Waals surface area (Å²) >= 11 is 0. The Morgan fingerprint density at radius 3 is 2.39 bits per heavy atom. The maximum absolute atomic E-state index is 11.9. The normalized spacial score (nSPS) is 13.5. The van der Waals surface area contributed by atoms with Gasteiger partial charge in [0, 0.05) is 0 Å². The van der Waals surface area contributed by atoms with Gasteiger partial charge in [-0.3, -0.25) is 4.18 Å². The first-order chi connectivity index (χ1) is 8.49. The van der Waals surface area contributed by atoms with Crippen molar-refractivity contribution in [3.8, 4) is 0 Å². The first-order valence-corrected chi connectivity index (χ1v) is 7.56. The second kappa shape index (κ2) is 6.87. The van der Waals surface area contributed by atoms with E-state index in [0.717, 1.165) is 18.4 Å². The van der Waals surface area contributed by atoms with Gasteiger partial charge in [0.05, 0.1) is 11.5 Å². The largest absolute Gasteiger partial charge is 0.330 e. The van der Waals surface area contributed by atoms with Crippen molar-refractivity contribution in [3.63, 3.8) is 0 Å². The summed E-state index contributed by atoms with van der Waals surface area (Å²) < 4.78 is 28.9. The highest BCUT2D eigenvalue weighted by molar-refractivity contribution is 7.86. The summed E-state index contributed by atoms with van der Waals surface area (Å²) in [4.78, 5) is 0.195. The molecule has 1 aromatic rings. The number of hydrogen-bond acceptors (Lipinski definition) is 4. The van der Waals surface area contributed by atoms with E-state index in [-0.39, 0.29) is 17.4 Å². The molecule has 1 unspecified atom stereocenters. The zero-order chi connectivity index (χ0) is 13.6. The van der Waals surface area contributed by atoms with Gasteiger partial charge < -0.3 is 5.73 Å². The van der Waals surface area contributed by atoms with Crippen molar-refractivity contribution in [3.05, 3.63) is 29.8 Å². The Bertz CT molecular complexity index is 454. The molecule has 2 N–H and O–H groups in total. The quantitative estimate of drug-likeness (QED) is 0.771. The standard InChI is InChI=1S/C13H21NO3S/c1-3-4-12(9-14)10-17-18(15,16)13-7-5-11(2)6-8-13/h5-8,12H,3-4,9-10,14H2,1-2H3. The molecule has 5 heteroatoms. The molecular formula is C13H21NO3S. The van der Waals surface area contributed by atoms with Crippen LogP contribution in [0.15, 0.2) is 29.2 Å². The van der Waals surface area contributed by atoms with Crippen molar-refractivity contribution in [1.82, 2.24) is 0 Å². The van der Waals surface area contributed by atoms with Crippen LogP contribution in [0.25, 0.3) is 0 Å². The molecule has 102 valence electrons. The number of hydrogen-bond donors (Lipinski definition) is 1. The van der Waals surface area contributed by atoms with Crippen molar-refractivity contribution >= 4 is 10.1 Å². The molecule has 18 heavy (non-hydrogen) atoms. The van der Waals surface area contributed by atoms with Crippen LogP contribution in [0.3, 0.4) is 0 Å². The highest BCUT2D eigenvalue weighted by Crippen LogP contribution is 2.15. The molecule has 4 nitrogen and oxygen atoms in total. The number of aryl methyl sites for hydroxylation is 1. The van der Waals surface area contributed by atoms with E-state index in [4.69, 9.17) is 9.92 Å². The van der Waals surface area contributed by atoms with Gasteiger partial charge in [-0.15, -0.1) is 0 Å². The molecule has 0 aliphatic carbocycles. The summed E-state index contributed by atoms with van der Waals surface area (Å²) in [5.41, 5.74) is 6.59. The molecular weight excluding hydrogens is 250 g/mol. The topological polar surface area (TPSA) is 69.4 Å². The van der Waals surface area contributed by atoms with E-state index in [1.165, 1.54) is 0 Å². The maximum Gasteiger partial charge on any atom is 0.296 e.